The molecule has 1 amide bonds. The fraction of sp³-hybridized carbons (Fsp3) is 0.370. The first-order valence-electron chi connectivity index (χ1n) is 12.0. The summed E-state index contributed by atoms with van der Waals surface area (Å²) in [6.07, 6.45) is -0.385. The summed E-state index contributed by atoms with van der Waals surface area (Å²) in [5.74, 6) is 1.05. The number of aromatic nitrogens is 3. The molecule has 0 saturated heterocycles. The van der Waals surface area contributed by atoms with Gasteiger partial charge >= 0.3 is 6.09 Å². The summed E-state index contributed by atoms with van der Waals surface area (Å²) >= 11 is 3.52. The van der Waals surface area contributed by atoms with Crippen molar-refractivity contribution in [3.63, 3.8) is 0 Å². The van der Waals surface area contributed by atoms with E-state index in [1.165, 1.54) is 0 Å². The maximum atomic E-state index is 12.9. The minimum absolute atomic E-state index is 0.274. The molecule has 2 N–H and O–H groups in total. The molecular formula is C27H32BrN5O3. The van der Waals surface area contributed by atoms with E-state index in [9.17, 15) is 4.79 Å². The van der Waals surface area contributed by atoms with Crippen LogP contribution in [0.15, 0.2) is 53.0 Å². The van der Waals surface area contributed by atoms with Crippen LogP contribution in [0, 0.1) is 0 Å². The smallest absolute Gasteiger partial charge is 0.410 e. The van der Waals surface area contributed by atoms with Crippen molar-refractivity contribution >= 4 is 49.8 Å². The molecule has 190 valence electrons. The highest BCUT2D eigenvalue weighted by atomic mass is 79.9. The van der Waals surface area contributed by atoms with Gasteiger partial charge in [-0.2, -0.15) is 0 Å². The van der Waals surface area contributed by atoms with Crippen LogP contribution >= 0.6 is 15.9 Å². The molecule has 0 unspecified atom stereocenters. The maximum Gasteiger partial charge on any atom is 0.410 e. The Morgan fingerprint density at radius 2 is 1.89 bits per heavy atom. The molecular weight excluding hydrogens is 522 g/mol. The summed E-state index contributed by atoms with van der Waals surface area (Å²) in [7, 11) is 0. The second kappa shape index (κ2) is 10.8. The van der Waals surface area contributed by atoms with Gasteiger partial charge in [-0.3, -0.25) is 0 Å². The number of halogens is 1. The number of carbonyl (C=O) groups is 1. The monoisotopic (exact) mass is 553 g/mol. The highest BCUT2D eigenvalue weighted by Crippen LogP contribution is 2.31. The number of nitrogen functional groups attached to an aromatic ring is 1. The molecule has 0 atom stereocenters. The molecule has 0 bridgehead atoms. The average molecular weight is 554 g/mol. The van der Waals surface area contributed by atoms with E-state index in [1.807, 2.05) is 76.2 Å². The molecule has 0 saturated carbocycles. The van der Waals surface area contributed by atoms with Crippen LogP contribution in [-0.2, 0) is 29.2 Å². The van der Waals surface area contributed by atoms with Gasteiger partial charge < -0.3 is 24.7 Å². The van der Waals surface area contributed by atoms with Gasteiger partial charge in [0.25, 0.3) is 0 Å². The van der Waals surface area contributed by atoms with Gasteiger partial charge in [0.2, 0.25) is 0 Å². The third kappa shape index (κ3) is 5.96. The largest absolute Gasteiger partial charge is 0.444 e. The zero-order chi connectivity index (χ0) is 25.9. The summed E-state index contributed by atoms with van der Waals surface area (Å²) in [6.45, 7) is 9.76. The Hall–Kier alpha value is -3.17. The van der Waals surface area contributed by atoms with E-state index >= 15 is 0 Å². The Balaban J connectivity index is 1.70. The van der Waals surface area contributed by atoms with E-state index < -0.39 is 5.60 Å². The first-order valence-corrected chi connectivity index (χ1v) is 12.8. The van der Waals surface area contributed by atoms with Crippen LogP contribution in [0.1, 0.15) is 39.1 Å². The van der Waals surface area contributed by atoms with Gasteiger partial charge in [-0.1, -0.05) is 46.3 Å². The van der Waals surface area contributed by atoms with Crippen molar-refractivity contribution < 1.29 is 14.3 Å². The minimum Gasteiger partial charge on any atom is -0.444 e. The molecule has 0 spiro atoms. The topological polar surface area (TPSA) is 95.5 Å². The van der Waals surface area contributed by atoms with Crippen LogP contribution in [0.2, 0.25) is 0 Å². The van der Waals surface area contributed by atoms with Crippen molar-refractivity contribution in [2.45, 2.75) is 53.0 Å². The second-order valence-corrected chi connectivity index (χ2v) is 10.5. The number of pyridine rings is 1. The predicted octanol–water partition coefficient (Wildman–Crippen LogP) is 5.90. The molecule has 36 heavy (non-hydrogen) atoms. The molecule has 2 heterocycles. The lowest BCUT2D eigenvalue weighted by atomic mass is 10.2. The predicted molar refractivity (Wildman–Crippen MR) is 146 cm³/mol. The molecule has 0 aliphatic rings. The third-order valence-electron chi connectivity index (χ3n) is 5.68. The van der Waals surface area contributed by atoms with Crippen LogP contribution in [-0.4, -0.2) is 44.3 Å². The SMILES string of the molecule is CCN(Cc1nc2c(N)nc3cc(Br)ccc3c2n1CCOCc1ccccc1)C(=O)OC(C)(C)C. The number of rotatable bonds is 8. The number of benzene rings is 2. The molecule has 9 heteroatoms. The van der Waals surface area contributed by atoms with Crippen molar-refractivity contribution in [2.75, 3.05) is 18.9 Å². The number of nitrogens with zero attached hydrogens (tertiary/aromatic N) is 4. The van der Waals surface area contributed by atoms with E-state index in [0.717, 1.165) is 26.5 Å². The number of hydrogen-bond acceptors (Lipinski definition) is 6. The van der Waals surface area contributed by atoms with Gasteiger partial charge in [-0.05, 0) is 51.5 Å². The Bertz CT molecular complexity index is 1370. The number of fused-ring (bicyclic) bond motifs is 3. The lowest BCUT2D eigenvalue weighted by molar-refractivity contribution is 0.0237. The number of nitrogens with two attached hydrogens (primary N) is 1. The Kier molecular flexibility index (Phi) is 7.80. The third-order valence-corrected chi connectivity index (χ3v) is 6.17. The van der Waals surface area contributed by atoms with Gasteiger partial charge in [-0.15, -0.1) is 0 Å². The summed E-state index contributed by atoms with van der Waals surface area (Å²) < 4.78 is 14.6. The molecule has 0 fully saturated rings. The summed E-state index contributed by atoms with van der Waals surface area (Å²) in [4.78, 5) is 23.9. The highest BCUT2D eigenvalue weighted by molar-refractivity contribution is 9.10. The number of imidazole rings is 1. The van der Waals surface area contributed by atoms with E-state index in [0.29, 0.717) is 43.5 Å². The first kappa shape index (κ1) is 25.9. The normalized spacial score (nSPS) is 11.8. The first-order chi connectivity index (χ1) is 17.2. The average Bonchev–Trinajstić information content (AvgIpc) is 3.18. The van der Waals surface area contributed by atoms with Crippen molar-refractivity contribution in [3.8, 4) is 0 Å². The molecule has 0 aliphatic carbocycles. The number of amides is 1. The zero-order valence-electron chi connectivity index (χ0n) is 21.1. The lowest BCUT2D eigenvalue weighted by Crippen LogP contribution is -2.37. The molecule has 0 aliphatic heterocycles. The molecule has 2 aromatic heterocycles. The van der Waals surface area contributed by atoms with E-state index in [4.69, 9.17) is 20.2 Å². The van der Waals surface area contributed by atoms with Crippen molar-refractivity contribution in [1.82, 2.24) is 19.4 Å². The second-order valence-electron chi connectivity index (χ2n) is 9.57. The number of anilines is 1. The van der Waals surface area contributed by atoms with Crippen LogP contribution in [0.3, 0.4) is 0 Å². The van der Waals surface area contributed by atoms with Gasteiger partial charge in [0.1, 0.15) is 16.9 Å². The van der Waals surface area contributed by atoms with Gasteiger partial charge in [0.15, 0.2) is 5.82 Å². The van der Waals surface area contributed by atoms with Crippen LogP contribution in [0.5, 0.6) is 0 Å². The number of carbonyl (C=O) groups excluding carboxylic acids is 1. The van der Waals surface area contributed by atoms with Gasteiger partial charge in [-0.25, -0.2) is 14.8 Å². The maximum absolute atomic E-state index is 12.9. The zero-order valence-corrected chi connectivity index (χ0v) is 22.7. The highest BCUT2D eigenvalue weighted by Gasteiger charge is 2.24. The fourth-order valence-electron chi connectivity index (χ4n) is 4.02. The van der Waals surface area contributed by atoms with Crippen molar-refractivity contribution in [1.29, 1.82) is 0 Å². The van der Waals surface area contributed by atoms with Crippen LogP contribution in [0.4, 0.5) is 10.6 Å². The van der Waals surface area contributed by atoms with E-state index in [1.54, 1.807) is 4.90 Å². The molecule has 4 aromatic rings. The quantitative estimate of drug-likeness (QED) is 0.273. The Morgan fingerprint density at radius 1 is 1.14 bits per heavy atom. The van der Waals surface area contributed by atoms with Crippen molar-refractivity contribution in [2.24, 2.45) is 0 Å². The standard InChI is InChI=1S/C27H32BrN5O3/c1-5-32(26(34)36-27(2,3)4)16-22-31-23-24(20-12-11-19(28)15-21(20)30-25(23)29)33(22)13-14-35-17-18-9-7-6-8-10-18/h6-12,15H,5,13-14,16-17H2,1-4H3,(H2,29,30). The van der Waals surface area contributed by atoms with E-state index in [2.05, 4.69) is 25.5 Å². The minimum atomic E-state index is -0.589. The fourth-order valence-corrected chi connectivity index (χ4v) is 4.36. The van der Waals surface area contributed by atoms with Crippen LogP contribution < -0.4 is 5.73 Å². The lowest BCUT2D eigenvalue weighted by Gasteiger charge is -2.26. The summed E-state index contributed by atoms with van der Waals surface area (Å²) in [5.41, 5.74) is 9.14. The van der Waals surface area contributed by atoms with Gasteiger partial charge in [0.05, 0.1) is 30.8 Å². The van der Waals surface area contributed by atoms with Crippen LogP contribution in [0.25, 0.3) is 21.9 Å². The van der Waals surface area contributed by atoms with E-state index in [-0.39, 0.29) is 12.6 Å². The molecule has 2 aromatic carbocycles. The molecule has 4 rings (SSSR count). The number of hydrogen-bond donors (Lipinski definition) is 1. The molecule has 0 radical (unpaired) electrons. The summed E-state index contributed by atoms with van der Waals surface area (Å²) in [5, 5.41) is 0.935. The molecule has 8 nitrogen and oxygen atoms in total. The van der Waals surface area contributed by atoms with Gasteiger partial charge in [0, 0.05) is 22.9 Å². The Labute approximate surface area is 219 Å². The summed E-state index contributed by atoms with van der Waals surface area (Å²) in [6, 6.07) is 16.0. The Morgan fingerprint density at radius 3 is 2.58 bits per heavy atom. The van der Waals surface area contributed by atoms with Crippen molar-refractivity contribution in [3.05, 3.63) is 64.4 Å². The number of ether oxygens (including phenoxy) is 2.